The topological polar surface area (TPSA) is 107 Å². The number of anilines is 1. The number of hydrogen-bond donors (Lipinski definition) is 1. The molecule has 1 N–H and O–H groups in total. The molecule has 0 aliphatic carbocycles. The number of hydrogen-bond acceptors (Lipinski definition) is 9. The second kappa shape index (κ2) is 12.0. The third-order valence-electron chi connectivity index (χ3n) is 7.54. The number of ether oxygens (including phenoxy) is 3. The highest BCUT2D eigenvalue weighted by molar-refractivity contribution is 5.77. The molecule has 2 aliphatic rings. The van der Waals surface area contributed by atoms with Gasteiger partial charge in [-0.15, -0.1) is 0 Å². The number of nitrogens with zero attached hydrogens (tertiary/aromatic N) is 6. The normalized spacial score (nSPS) is 17.2. The van der Waals surface area contributed by atoms with Crippen LogP contribution >= 0.6 is 0 Å². The number of piperazine rings is 1. The van der Waals surface area contributed by atoms with Crippen molar-refractivity contribution in [2.75, 3.05) is 38.4 Å². The number of carbonyl (C=O) groups is 1. The summed E-state index contributed by atoms with van der Waals surface area (Å²) >= 11 is 0. The number of methoxy groups -OCH3 is 1. The molecular weight excluding hydrogens is 541 g/mol. The molecule has 218 valence electrons. The van der Waals surface area contributed by atoms with E-state index in [0.717, 1.165) is 16.9 Å². The smallest absolute Gasteiger partial charge is 0.236 e. The first-order valence-corrected chi connectivity index (χ1v) is 13.8. The predicted octanol–water partition coefficient (Wildman–Crippen LogP) is 3.50. The fourth-order valence-electron chi connectivity index (χ4n) is 5.39. The molecule has 0 radical (unpaired) electrons. The number of amides is 1. The average Bonchev–Trinajstić information content (AvgIpc) is 3.70. The second-order valence-corrected chi connectivity index (χ2v) is 10.3. The van der Waals surface area contributed by atoms with Gasteiger partial charge >= 0.3 is 0 Å². The zero-order valence-electron chi connectivity index (χ0n) is 23.4. The molecule has 2 atom stereocenters. The van der Waals surface area contributed by atoms with Crippen molar-refractivity contribution in [2.45, 2.75) is 32.0 Å². The molecule has 12 heteroatoms. The fourth-order valence-corrected chi connectivity index (χ4v) is 5.39. The minimum absolute atomic E-state index is 0.0867. The first-order chi connectivity index (χ1) is 20.5. The minimum Gasteiger partial charge on any atom is -0.494 e. The average molecular weight is 574 g/mol. The van der Waals surface area contributed by atoms with Crippen LogP contribution in [0.2, 0.25) is 0 Å². The molecule has 2 unspecified atom stereocenters. The third kappa shape index (κ3) is 5.98. The van der Waals surface area contributed by atoms with Gasteiger partial charge in [0.15, 0.2) is 23.1 Å². The van der Waals surface area contributed by atoms with Crippen molar-refractivity contribution in [3.05, 3.63) is 84.3 Å². The van der Waals surface area contributed by atoms with E-state index in [0.29, 0.717) is 43.6 Å². The quantitative estimate of drug-likeness (QED) is 0.322. The summed E-state index contributed by atoms with van der Waals surface area (Å²) in [6.07, 6.45) is 7.06. The molecule has 11 nitrogen and oxygen atoms in total. The molecule has 4 heterocycles. The number of aromatic nitrogens is 4. The van der Waals surface area contributed by atoms with E-state index in [1.165, 1.54) is 13.2 Å². The summed E-state index contributed by atoms with van der Waals surface area (Å²) in [5.74, 6) is 2.34. The summed E-state index contributed by atoms with van der Waals surface area (Å²) in [6.45, 7) is 4.62. The molecular formula is C30H32FN7O4. The molecule has 0 bridgehead atoms. The van der Waals surface area contributed by atoms with E-state index in [9.17, 15) is 9.18 Å². The number of benzene rings is 2. The largest absolute Gasteiger partial charge is 0.494 e. The third-order valence-corrected chi connectivity index (χ3v) is 7.54. The fraction of sp³-hybridized carbons (Fsp3) is 0.333. The first kappa shape index (κ1) is 27.5. The maximum Gasteiger partial charge on any atom is 0.236 e. The van der Waals surface area contributed by atoms with Crippen molar-refractivity contribution in [3.63, 3.8) is 0 Å². The monoisotopic (exact) mass is 573 g/mol. The van der Waals surface area contributed by atoms with Crippen LogP contribution in [0, 0.1) is 5.82 Å². The first-order valence-electron chi connectivity index (χ1n) is 13.8. The van der Waals surface area contributed by atoms with Gasteiger partial charge < -0.3 is 24.4 Å². The lowest BCUT2D eigenvalue weighted by Crippen LogP contribution is -2.54. The Labute approximate surface area is 242 Å². The summed E-state index contributed by atoms with van der Waals surface area (Å²) in [7, 11) is 1.45. The van der Waals surface area contributed by atoms with Crippen molar-refractivity contribution in [1.29, 1.82) is 0 Å². The van der Waals surface area contributed by atoms with Gasteiger partial charge in [-0.3, -0.25) is 14.3 Å². The summed E-state index contributed by atoms with van der Waals surface area (Å²) in [5, 5.41) is 3.14. The zero-order chi connectivity index (χ0) is 29.1. The lowest BCUT2D eigenvalue weighted by Gasteiger charge is -2.42. The molecule has 1 saturated heterocycles. The molecule has 42 heavy (non-hydrogen) atoms. The van der Waals surface area contributed by atoms with Crippen LogP contribution in [0.1, 0.15) is 30.5 Å². The van der Waals surface area contributed by atoms with Gasteiger partial charge in [-0.2, -0.15) is 4.98 Å². The van der Waals surface area contributed by atoms with Crippen molar-refractivity contribution in [2.24, 2.45) is 0 Å². The van der Waals surface area contributed by atoms with Crippen molar-refractivity contribution in [3.8, 4) is 23.2 Å². The molecule has 0 saturated carbocycles. The predicted molar refractivity (Wildman–Crippen MR) is 152 cm³/mol. The van der Waals surface area contributed by atoms with Gasteiger partial charge in [0.1, 0.15) is 12.1 Å². The van der Waals surface area contributed by atoms with Gasteiger partial charge in [0.25, 0.3) is 0 Å². The Balaban J connectivity index is 1.19. The number of rotatable bonds is 9. The van der Waals surface area contributed by atoms with Gasteiger partial charge in [-0.1, -0.05) is 12.1 Å². The number of nitrogens with one attached hydrogen (secondary N) is 1. The Morgan fingerprint density at radius 2 is 2.02 bits per heavy atom. The summed E-state index contributed by atoms with van der Waals surface area (Å²) in [5.41, 5.74) is 1.77. The van der Waals surface area contributed by atoms with Crippen molar-refractivity contribution >= 4 is 11.7 Å². The van der Waals surface area contributed by atoms with Crippen molar-refractivity contribution in [1.82, 2.24) is 29.7 Å². The van der Waals surface area contributed by atoms with Crippen LogP contribution < -0.4 is 24.4 Å². The number of carbonyl (C=O) groups excluding carboxylic acids is 1. The highest BCUT2D eigenvalue weighted by Crippen LogP contribution is 2.34. The summed E-state index contributed by atoms with van der Waals surface area (Å²) in [4.78, 5) is 31.1. The molecule has 1 amide bonds. The van der Waals surface area contributed by atoms with Crippen LogP contribution in [0.5, 0.6) is 17.2 Å². The highest BCUT2D eigenvalue weighted by atomic mass is 19.1. The van der Waals surface area contributed by atoms with Gasteiger partial charge in [-0.25, -0.2) is 14.4 Å². The number of halogens is 1. The summed E-state index contributed by atoms with van der Waals surface area (Å²) < 4.78 is 32.1. The maximum atomic E-state index is 14.4. The van der Waals surface area contributed by atoms with Gasteiger partial charge in [0.05, 0.1) is 19.2 Å². The Hall–Kier alpha value is -4.71. The van der Waals surface area contributed by atoms with E-state index in [4.69, 9.17) is 19.2 Å². The van der Waals surface area contributed by atoms with Gasteiger partial charge in [0.2, 0.25) is 18.6 Å². The van der Waals surface area contributed by atoms with Crippen LogP contribution in [0.15, 0.2) is 67.4 Å². The van der Waals surface area contributed by atoms with E-state index >= 15 is 0 Å². The zero-order valence-corrected chi connectivity index (χ0v) is 23.4. The molecule has 0 spiro atoms. The van der Waals surface area contributed by atoms with E-state index in [1.54, 1.807) is 35.6 Å². The van der Waals surface area contributed by atoms with Crippen LogP contribution in [-0.2, 0) is 11.3 Å². The maximum absolute atomic E-state index is 14.4. The Kier molecular flexibility index (Phi) is 7.87. The number of imidazole rings is 1. The second-order valence-electron chi connectivity index (χ2n) is 10.3. The Bertz CT molecular complexity index is 1550. The van der Waals surface area contributed by atoms with E-state index < -0.39 is 5.82 Å². The lowest BCUT2D eigenvalue weighted by atomic mass is 10.0. The van der Waals surface area contributed by atoms with E-state index in [2.05, 4.69) is 25.1 Å². The van der Waals surface area contributed by atoms with Crippen LogP contribution in [-0.4, -0.2) is 69.9 Å². The van der Waals surface area contributed by atoms with Crippen molar-refractivity contribution < 1.29 is 23.4 Å². The minimum atomic E-state index is -0.393. The van der Waals surface area contributed by atoms with Gasteiger partial charge in [-0.05, 0) is 48.4 Å². The van der Waals surface area contributed by atoms with E-state index in [-0.39, 0.29) is 37.0 Å². The molecule has 2 aliphatic heterocycles. The van der Waals surface area contributed by atoms with Crippen LogP contribution in [0.25, 0.3) is 5.95 Å². The molecule has 2 aromatic heterocycles. The molecule has 4 aromatic rings. The highest BCUT2D eigenvalue weighted by Gasteiger charge is 2.31. The van der Waals surface area contributed by atoms with Gasteiger partial charge in [0, 0.05) is 51.2 Å². The standard InChI is InChI=1S/C30H32FN7O4/c1-20(22-4-6-26-27(14-22)42-19-41-26)34-29(39)15-23-17-36(16-21-3-5-25(40-2)24(31)13-21)11-12-38(23)28-7-8-33-30(35-28)37-10-9-32-18-37/h3-10,13-14,18,20,23H,11-12,15-17,19H2,1-2H3,(H,34,39). The van der Waals surface area contributed by atoms with Crippen LogP contribution in [0.3, 0.4) is 0 Å². The SMILES string of the molecule is COc1ccc(CN2CCN(c3ccnc(-n4ccnc4)n3)C(CC(=O)NC(C)c3ccc4c(c3)OCO4)C2)cc1F. The lowest BCUT2D eigenvalue weighted by molar-refractivity contribution is -0.122. The van der Waals surface area contributed by atoms with E-state index in [1.807, 2.05) is 37.3 Å². The van der Waals surface area contributed by atoms with Crippen LogP contribution in [0.4, 0.5) is 10.2 Å². The molecule has 6 rings (SSSR count). The Morgan fingerprint density at radius 3 is 2.83 bits per heavy atom. The molecule has 2 aromatic carbocycles. The number of fused-ring (bicyclic) bond motifs is 1. The molecule has 1 fully saturated rings. The summed E-state index contributed by atoms with van der Waals surface area (Å²) in [6, 6.07) is 12.1. The Morgan fingerprint density at radius 1 is 1.14 bits per heavy atom.